The molecule has 0 bridgehead atoms. The van der Waals surface area contributed by atoms with E-state index in [1.165, 1.54) is 12.0 Å². The Balaban J connectivity index is 2.43. The van der Waals surface area contributed by atoms with Crippen molar-refractivity contribution in [3.8, 4) is 0 Å². The normalized spacial score (nSPS) is 9.70. The maximum atomic E-state index is 3.79. The quantitative estimate of drug-likeness (QED) is 0.593. The second kappa shape index (κ2) is 4.10. The molecule has 0 amide bonds. The molecule has 0 heterocycles. The number of benzene rings is 1. The Hall–Kier alpha value is -0.780. The molecule has 0 saturated heterocycles. The molecule has 0 nitrogen and oxygen atoms in total. The number of aryl methyl sites for hydroxylation is 1. The van der Waals surface area contributed by atoms with Gasteiger partial charge in [0.25, 0.3) is 0 Å². The van der Waals surface area contributed by atoms with Crippen LogP contribution in [0.15, 0.2) is 24.3 Å². The van der Waals surface area contributed by atoms with Gasteiger partial charge in [0.15, 0.2) is 0 Å². The summed E-state index contributed by atoms with van der Waals surface area (Å²) in [5, 5.41) is 0. The molecule has 0 heteroatoms. The minimum atomic E-state index is 1.02. The molecule has 1 aromatic carbocycles. The van der Waals surface area contributed by atoms with Gasteiger partial charge >= 0.3 is 0 Å². The van der Waals surface area contributed by atoms with Crippen LogP contribution in [0.3, 0.4) is 0 Å². The number of unbranched alkanes of at least 4 members (excludes halogenated alkanes) is 1. The first-order chi connectivity index (χ1) is 4.93. The van der Waals surface area contributed by atoms with E-state index in [-0.39, 0.29) is 0 Å². The average Bonchev–Trinajstić information content (AvgIpc) is 2.03. The molecule has 0 saturated carbocycles. The highest BCUT2D eigenvalue weighted by molar-refractivity contribution is 5.12. The van der Waals surface area contributed by atoms with Gasteiger partial charge in [0.2, 0.25) is 0 Å². The minimum absolute atomic E-state index is 1.02. The van der Waals surface area contributed by atoms with Crippen molar-refractivity contribution in [1.82, 2.24) is 0 Å². The maximum absolute atomic E-state index is 3.79. The van der Waals surface area contributed by atoms with Crippen molar-refractivity contribution in [2.24, 2.45) is 0 Å². The molecule has 0 aliphatic heterocycles. The first kappa shape index (κ1) is 7.33. The van der Waals surface area contributed by atoms with Gasteiger partial charge in [-0.25, -0.2) is 0 Å². The second-order valence-electron chi connectivity index (χ2n) is 2.34. The van der Waals surface area contributed by atoms with Gasteiger partial charge in [-0.05, 0) is 24.5 Å². The zero-order chi connectivity index (χ0) is 7.23. The van der Waals surface area contributed by atoms with E-state index in [9.17, 15) is 0 Å². The van der Waals surface area contributed by atoms with Gasteiger partial charge in [-0.3, -0.25) is 0 Å². The number of rotatable bonds is 3. The molecule has 0 spiro atoms. The lowest BCUT2D eigenvalue weighted by atomic mass is 10.1. The first-order valence-corrected chi connectivity index (χ1v) is 3.68. The van der Waals surface area contributed by atoms with Gasteiger partial charge < -0.3 is 0 Å². The summed E-state index contributed by atoms with van der Waals surface area (Å²) in [5.41, 5.74) is 1.30. The predicted octanol–water partition coefficient (Wildman–Crippen LogP) is 2.64. The summed E-state index contributed by atoms with van der Waals surface area (Å²) in [6, 6.07) is 11.3. The molecule has 0 aromatic heterocycles. The lowest BCUT2D eigenvalue weighted by Gasteiger charge is -1.95. The summed E-state index contributed by atoms with van der Waals surface area (Å²) in [5.74, 6) is 0. The Bertz CT molecular complexity index is 165. The average molecular weight is 132 g/mol. The lowest BCUT2D eigenvalue weighted by Crippen LogP contribution is -1.82. The van der Waals surface area contributed by atoms with Gasteiger partial charge in [-0.2, -0.15) is 0 Å². The van der Waals surface area contributed by atoms with Crippen LogP contribution in [0.2, 0.25) is 0 Å². The molecule has 1 aromatic rings. The van der Waals surface area contributed by atoms with Gasteiger partial charge in [0, 0.05) is 0 Å². The van der Waals surface area contributed by atoms with Crippen LogP contribution in [0.1, 0.15) is 18.4 Å². The van der Waals surface area contributed by atoms with Gasteiger partial charge in [-0.15, -0.1) is 0 Å². The van der Waals surface area contributed by atoms with E-state index in [1.807, 2.05) is 12.1 Å². The van der Waals surface area contributed by atoms with E-state index >= 15 is 0 Å². The van der Waals surface area contributed by atoms with Crippen molar-refractivity contribution >= 4 is 0 Å². The van der Waals surface area contributed by atoms with Crippen LogP contribution in [-0.2, 0) is 6.42 Å². The predicted molar refractivity (Wildman–Crippen MR) is 43.6 cm³/mol. The Morgan fingerprint density at radius 2 is 2.30 bits per heavy atom. The molecule has 0 aliphatic rings. The van der Waals surface area contributed by atoms with Crippen molar-refractivity contribution in [3.63, 3.8) is 0 Å². The largest absolute Gasteiger partial charge is 0.0620 e. The zero-order valence-corrected chi connectivity index (χ0v) is 6.14. The van der Waals surface area contributed by atoms with Crippen LogP contribution < -0.4 is 0 Å². The van der Waals surface area contributed by atoms with E-state index < -0.39 is 0 Å². The monoisotopic (exact) mass is 132 g/mol. The smallest absolute Gasteiger partial charge is 0.0149 e. The third-order valence-corrected chi connectivity index (χ3v) is 1.47. The van der Waals surface area contributed by atoms with Crippen LogP contribution in [-0.4, -0.2) is 0 Å². The number of hydrogen-bond donors (Lipinski definition) is 0. The van der Waals surface area contributed by atoms with Crippen LogP contribution in [0.4, 0.5) is 0 Å². The molecule has 0 fully saturated rings. The van der Waals surface area contributed by atoms with Crippen LogP contribution in [0.25, 0.3) is 0 Å². The third-order valence-electron chi connectivity index (χ3n) is 1.47. The van der Waals surface area contributed by atoms with E-state index in [0.717, 1.165) is 12.8 Å². The van der Waals surface area contributed by atoms with E-state index in [2.05, 4.69) is 25.1 Å². The Kier molecular flexibility index (Phi) is 3.01. The van der Waals surface area contributed by atoms with E-state index in [4.69, 9.17) is 0 Å². The van der Waals surface area contributed by atoms with Gasteiger partial charge in [-0.1, -0.05) is 37.6 Å². The summed E-state index contributed by atoms with van der Waals surface area (Å²) in [4.78, 5) is 0. The summed E-state index contributed by atoms with van der Waals surface area (Å²) < 4.78 is 0. The summed E-state index contributed by atoms with van der Waals surface area (Å²) in [7, 11) is 0. The maximum Gasteiger partial charge on any atom is -0.0149 e. The van der Waals surface area contributed by atoms with Crippen molar-refractivity contribution in [3.05, 3.63) is 42.8 Å². The molecular formula is C10H12. The zero-order valence-electron chi connectivity index (χ0n) is 6.14. The Labute approximate surface area is 62.9 Å². The first-order valence-electron chi connectivity index (χ1n) is 3.68. The fraction of sp³-hybridized carbons (Fsp3) is 0.300. The van der Waals surface area contributed by atoms with Crippen molar-refractivity contribution in [2.45, 2.75) is 19.3 Å². The SMILES string of the molecule is [CH2]CCCc1[c]cccc1. The van der Waals surface area contributed by atoms with Crippen LogP contribution >= 0.6 is 0 Å². The van der Waals surface area contributed by atoms with Crippen molar-refractivity contribution < 1.29 is 0 Å². The highest BCUT2D eigenvalue weighted by Gasteiger charge is 1.88. The molecular weight excluding hydrogens is 120 g/mol. The molecule has 2 radical (unpaired) electrons. The molecule has 0 aliphatic carbocycles. The highest BCUT2D eigenvalue weighted by Crippen LogP contribution is 2.02. The van der Waals surface area contributed by atoms with Gasteiger partial charge in [0.05, 0.1) is 0 Å². The Morgan fingerprint density at radius 1 is 1.40 bits per heavy atom. The fourth-order valence-electron chi connectivity index (χ4n) is 0.901. The molecule has 10 heavy (non-hydrogen) atoms. The Morgan fingerprint density at radius 3 is 2.90 bits per heavy atom. The third kappa shape index (κ3) is 2.22. The minimum Gasteiger partial charge on any atom is -0.0620 e. The molecule has 52 valence electrons. The summed E-state index contributed by atoms with van der Waals surface area (Å²) in [6.07, 6.45) is 3.30. The summed E-state index contributed by atoms with van der Waals surface area (Å²) >= 11 is 0. The summed E-state index contributed by atoms with van der Waals surface area (Å²) in [6.45, 7) is 3.79. The highest BCUT2D eigenvalue weighted by atomic mass is 13.9. The molecule has 0 atom stereocenters. The van der Waals surface area contributed by atoms with Gasteiger partial charge in [0.1, 0.15) is 0 Å². The molecule has 0 unspecified atom stereocenters. The van der Waals surface area contributed by atoms with Crippen LogP contribution in [0.5, 0.6) is 0 Å². The topological polar surface area (TPSA) is 0 Å². The van der Waals surface area contributed by atoms with Crippen LogP contribution in [0, 0.1) is 13.0 Å². The second-order valence-corrected chi connectivity index (χ2v) is 2.34. The number of hydrogen-bond acceptors (Lipinski definition) is 0. The fourth-order valence-corrected chi connectivity index (χ4v) is 0.901. The lowest BCUT2D eigenvalue weighted by molar-refractivity contribution is 0.840. The van der Waals surface area contributed by atoms with Crippen molar-refractivity contribution in [2.75, 3.05) is 0 Å². The van der Waals surface area contributed by atoms with Crippen molar-refractivity contribution in [1.29, 1.82) is 0 Å². The molecule has 0 N–H and O–H groups in total. The van der Waals surface area contributed by atoms with E-state index in [1.54, 1.807) is 0 Å². The molecule has 1 rings (SSSR count). The van der Waals surface area contributed by atoms with E-state index in [0.29, 0.717) is 0 Å². The standard InChI is InChI=1S/C10H12/c1-2-3-7-10-8-5-4-6-9-10/h4-6,8H,1-3,7H2.